The summed E-state index contributed by atoms with van der Waals surface area (Å²) in [6.07, 6.45) is 2.21. The highest BCUT2D eigenvalue weighted by Gasteiger charge is 2.16. The van der Waals surface area contributed by atoms with Crippen molar-refractivity contribution in [3.8, 4) is 0 Å². The molecule has 0 spiro atoms. The van der Waals surface area contributed by atoms with Crippen LogP contribution >= 0.6 is 12.2 Å². The van der Waals surface area contributed by atoms with Crippen LogP contribution < -0.4 is 11.1 Å². The molecule has 0 radical (unpaired) electrons. The largest absolute Gasteiger partial charge is 0.389 e. The Morgan fingerprint density at radius 3 is 2.44 bits per heavy atom. The highest BCUT2D eigenvalue weighted by molar-refractivity contribution is 7.80. The number of hydrogen-bond donors (Lipinski definition) is 2. The lowest BCUT2D eigenvalue weighted by atomic mass is 10.1. The van der Waals surface area contributed by atoms with Crippen molar-refractivity contribution in [3.05, 3.63) is 35.4 Å². The van der Waals surface area contributed by atoms with E-state index in [9.17, 15) is 4.79 Å². The third-order valence-corrected chi connectivity index (χ3v) is 3.31. The zero-order valence-electron chi connectivity index (χ0n) is 10.2. The summed E-state index contributed by atoms with van der Waals surface area (Å²) >= 11 is 4.89. The van der Waals surface area contributed by atoms with Gasteiger partial charge >= 0.3 is 6.03 Å². The molecule has 1 aliphatic rings. The van der Waals surface area contributed by atoms with Crippen LogP contribution in [0.4, 0.5) is 4.79 Å². The summed E-state index contributed by atoms with van der Waals surface area (Å²) < 4.78 is 0. The van der Waals surface area contributed by atoms with Gasteiger partial charge in [0.1, 0.15) is 4.99 Å². The number of benzene rings is 1. The van der Waals surface area contributed by atoms with Crippen LogP contribution in [-0.2, 0) is 6.54 Å². The number of nitrogens with two attached hydrogens (primary N) is 1. The van der Waals surface area contributed by atoms with E-state index in [0.29, 0.717) is 11.5 Å². The van der Waals surface area contributed by atoms with Gasteiger partial charge < -0.3 is 16.0 Å². The van der Waals surface area contributed by atoms with Crippen LogP contribution in [0.1, 0.15) is 24.0 Å². The molecule has 1 saturated heterocycles. The monoisotopic (exact) mass is 263 g/mol. The van der Waals surface area contributed by atoms with Crippen molar-refractivity contribution in [3.63, 3.8) is 0 Å². The van der Waals surface area contributed by atoms with E-state index in [1.165, 1.54) is 0 Å². The number of nitrogens with one attached hydrogen (secondary N) is 1. The molecule has 1 aromatic rings. The van der Waals surface area contributed by atoms with Crippen LogP contribution in [-0.4, -0.2) is 29.0 Å². The van der Waals surface area contributed by atoms with Gasteiger partial charge in [0.05, 0.1) is 0 Å². The fourth-order valence-corrected chi connectivity index (χ4v) is 2.13. The number of amides is 2. The molecule has 1 aliphatic heterocycles. The van der Waals surface area contributed by atoms with E-state index in [1.807, 2.05) is 29.2 Å². The first-order valence-corrected chi connectivity index (χ1v) is 6.49. The van der Waals surface area contributed by atoms with Crippen molar-refractivity contribution in [1.82, 2.24) is 10.2 Å². The van der Waals surface area contributed by atoms with Gasteiger partial charge in [-0.3, -0.25) is 0 Å². The summed E-state index contributed by atoms with van der Waals surface area (Å²) in [4.78, 5) is 14.0. The average Bonchev–Trinajstić information content (AvgIpc) is 2.90. The third-order valence-electron chi connectivity index (χ3n) is 3.08. The zero-order valence-corrected chi connectivity index (χ0v) is 11.0. The van der Waals surface area contributed by atoms with Crippen molar-refractivity contribution in [2.75, 3.05) is 13.1 Å². The number of hydrogen-bond acceptors (Lipinski definition) is 2. The Morgan fingerprint density at radius 1 is 1.28 bits per heavy atom. The van der Waals surface area contributed by atoms with Crippen LogP contribution in [0.5, 0.6) is 0 Å². The van der Waals surface area contributed by atoms with Gasteiger partial charge in [0.25, 0.3) is 0 Å². The fraction of sp³-hybridized carbons (Fsp3) is 0.385. The first kappa shape index (κ1) is 12.8. The maximum absolute atomic E-state index is 11.8. The molecular weight excluding hydrogens is 246 g/mol. The minimum atomic E-state index is 0.0194. The van der Waals surface area contributed by atoms with E-state index in [4.69, 9.17) is 18.0 Å². The molecule has 0 saturated carbocycles. The Hall–Kier alpha value is -1.62. The van der Waals surface area contributed by atoms with Gasteiger partial charge in [-0.2, -0.15) is 0 Å². The number of nitrogens with zero attached hydrogens (tertiary/aromatic N) is 1. The van der Waals surface area contributed by atoms with Gasteiger partial charge in [0, 0.05) is 25.2 Å². The first-order chi connectivity index (χ1) is 8.66. The summed E-state index contributed by atoms with van der Waals surface area (Å²) in [5, 5.41) is 2.91. The molecule has 0 unspecified atom stereocenters. The minimum Gasteiger partial charge on any atom is -0.389 e. The van der Waals surface area contributed by atoms with Crippen molar-refractivity contribution in [1.29, 1.82) is 0 Å². The predicted molar refractivity (Wildman–Crippen MR) is 75.4 cm³/mol. The number of thiocarbonyl (C=S) groups is 1. The van der Waals surface area contributed by atoms with Gasteiger partial charge in [-0.25, -0.2) is 4.79 Å². The molecule has 1 heterocycles. The molecule has 96 valence electrons. The smallest absolute Gasteiger partial charge is 0.317 e. The zero-order chi connectivity index (χ0) is 13.0. The Bertz CT molecular complexity index is 438. The number of carbonyl (C=O) groups excluding carboxylic acids is 1. The Balaban J connectivity index is 1.86. The highest BCUT2D eigenvalue weighted by Crippen LogP contribution is 2.08. The molecule has 1 fully saturated rings. The highest BCUT2D eigenvalue weighted by atomic mass is 32.1. The second kappa shape index (κ2) is 5.82. The second-order valence-corrected chi connectivity index (χ2v) is 4.85. The first-order valence-electron chi connectivity index (χ1n) is 6.08. The van der Waals surface area contributed by atoms with Crippen molar-refractivity contribution >= 4 is 23.2 Å². The molecule has 0 bridgehead atoms. The lowest BCUT2D eigenvalue weighted by Crippen LogP contribution is -2.37. The van der Waals surface area contributed by atoms with E-state index in [-0.39, 0.29) is 6.03 Å². The molecule has 0 aliphatic carbocycles. The average molecular weight is 263 g/mol. The summed E-state index contributed by atoms with van der Waals surface area (Å²) in [5.41, 5.74) is 7.41. The topological polar surface area (TPSA) is 58.4 Å². The maximum Gasteiger partial charge on any atom is 0.317 e. The number of rotatable bonds is 3. The summed E-state index contributed by atoms with van der Waals surface area (Å²) in [6.45, 7) is 2.27. The predicted octanol–water partition coefficient (Wildman–Crippen LogP) is 1.63. The van der Waals surface area contributed by atoms with Crippen molar-refractivity contribution in [2.24, 2.45) is 5.73 Å². The van der Waals surface area contributed by atoms with E-state index < -0.39 is 0 Å². The van der Waals surface area contributed by atoms with Crippen LogP contribution in [0.15, 0.2) is 24.3 Å². The summed E-state index contributed by atoms with van der Waals surface area (Å²) in [7, 11) is 0. The molecule has 2 rings (SSSR count). The Labute approximate surface area is 112 Å². The van der Waals surface area contributed by atoms with Gasteiger partial charge in [-0.15, -0.1) is 0 Å². The standard InChI is InChI=1S/C13H17N3OS/c14-12(18)11-5-3-10(4-6-11)9-15-13(17)16-7-1-2-8-16/h3-6H,1-2,7-9H2,(H2,14,18)(H,15,17). The van der Waals surface area contributed by atoms with Gasteiger partial charge in [-0.1, -0.05) is 36.5 Å². The van der Waals surface area contributed by atoms with Crippen LogP contribution in [0, 0.1) is 0 Å². The SMILES string of the molecule is NC(=S)c1ccc(CNC(=O)N2CCCC2)cc1. The number of urea groups is 1. The molecule has 1 aromatic carbocycles. The molecule has 3 N–H and O–H groups in total. The van der Waals surface area contributed by atoms with Crippen molar-refractivity contribution < 1.29 is 4.79 Å². The molecule has 5 heteroatoms. The fourth-order valence-electron chi connectivity index (χ4n) is 2.00. The minimum absolute atomic E-state index is 0.0194. The summed E-state index contributed by atoms with van der Waals surface area (Å²) in [6, 6.07) is 7.63. The molecule has 4 nitrogen and oxygen atoms in total. The van der Waals surface area contributed by atoms with E-state index in [0.717, 1.165) is 37.1 Å². The lowest BCUT2D eigenvalue weighted by Gasteiger charge is -2.16. The Kier molecular flexibility index (Phi) is 4.15. The maximum atomic E-state index is 11.8. The van der Waals surface area contributed by atoms with Gasteiger partial charge in [-0.05, 0) is 18.4 Å². The van der Waals surface area contributed by atoms with Crippen LogP contribution in [0.3, 0.4) is 0 Å². The van der Waals surface area contributed by atoms with E-state index in [2.05, 4.69) is 5.32 Å². The van der Waals surface area contributed by atoms with Crippen LogP contribution in [0.2, 0.25) is 0 Å². The Morgan fingerprint density at radius 2 is 1.89 bits per heavy atom. The van der Waals surface area contributed by atoms with Crippen molar-refractivity contribution in [2.45, 2.75) is 19.4 Å². The second-order valence-electron chi connectivity index (χ2n) is 4.41. The molecule has 2 amide bonds. The number of carbonyl (C=O) groups is 1. The van der Waals surface area contributed by atoms with E-state index >= 15 is 0 Å². The molecule has 0 aromatic heterocycles. The summed E-state index contributed by atoms with van der Waals surface area (Å²) in [5.74, 6) is 0. The van der Waals surface area contributed by atoms with Gasteiger partial charge in [0.2, 0.25) is 0 Å². The number of likely N-dealkylation sites (tertiary alicyclic amines) is 1. The third kappa shape index (κ3) is 3.20. The molecule has 18 heavy (non-hydrogen) atoms. The molecular formula is C13H17N3OS. The quantitative estimate of drug-likeness (QED) is 0.815. The molecule has 0 atom stereocenters. The lowest BCUT2D eigenvalue weighted by molar-refractivity contribution is 0.208. The van der Waals surface area contributed by atoms with Crippen LogP contribution in [0.25, 0.3) is 0 Å². The van der Waals surface area contributed by atoms with E-state index in [1.54, 1.807) is 0 Å². The van der Waals surface area contributed by atoms with Gasteiger partial charge in [0.15, 0.2) is 0 Å². The normalized spacial score (nSPS) is 14.6.